The van der Waals surface area contributed by atoms with Crippen LogP contribution in [-0.2, 0) is 6.61 Å². The predicted molar refractivity (Wildman–Crippen MR) is 131 cm³/mol. The van der Waals surface area contributed by atoms with E-state index in [0.717, 1.165) is 31.2 Å². The molecule has 0 aliphatic heterocycles. The first-order valence-electron chi connectivity index (χ1n) is 11.4. The fourth-order valence-corrected chi connectivity index (χ4v) is 4.32. The largest absolute Gasteiger partial charge is 0.496 e. The van der Waals surface area contributed by atoms with Crippen LogP contribution in [0.4, 0.5) is 5.82 Å². The Bertz CT molecular complexity index is 1170. The molecule has 0 unspecified atom stereocenters. The maximum atomic E-state index is 13.1. The van der Waals surface area contributed by atoms with Gasteiger partial charge in [-0.3, -0.25) is 4.79 Å². The van der Waals surface area contributed by atoms with Crippen LogP contribution in [0.5, 0.6) is 11.5 Å². The first-order valence-corrected chi connectivity index (χ1v) is 11.4. The Hall–Kier alpha value is -3.61. The van der Waals surface area contributed by atoms with Gasteiger partial charge in [-0.25, -0.2) is 4.98 Å². The van der Waals surface area contributed by atoms with Gasteiger partial charge in [0.15, 0.2) is 0 Å². The number of rotatable bonds is 8. The summed E-state index contributed by atoms with van der Waals surface area (Å²) in [5, 5.41) is 11.7. The number of nitrogens with one attached hydrogen (secondary N) is 3. The Labute approximate surface area is 193 Å². The third-order valence-electron chi connectivity index (χ3n) is 6.12. The summed E-state index contributed by atoms with van der Waals surface area (Å²) < 4.78 is 11.5. The molecule has 3 aromatic rings. The zero-order chi connectivity index (χ0) is 23.2. The number of ether oxygens (including phenoxy) is 2. The highest BCUT2D eigenvalue weighted by atomic mass is 16.5. The number of anilines is 1. The molecule has 0 saturated heterocycles. The van der Waals surface area contributed by atoms with Crippen LogP contribution in [-0.4, -0.2) is 29.8 Å². The smallest absolute Gasteiger partial charge is 0.262 e. The summed E-state index contributed by atoms with van der Waals surface area (Å²) in [6.45, 7) is 0.445. The quantitative estimate of drug-likeness (QED) is 0.422. The molecule has 1 aliphatic rings. The van der Waals surface area contributed by atoms with Crippen molar-refractivity contribution in [1.82, 2.24) is 9.97 Å². The Morgan fingerprint density at radius 2 is 1.91 bits per heavy atom. The van der Waals surface area contributed by atoms with Crippen molar-refractivity contribution in [3.8, 4) is 22.9 Å². The Morgan fingerprint density at radius 3 is 2.61 bits per heavy atom. The number of benzene rings is 2. The third kappa shape index (κ3) is 5.08. The molecular weight excluding hydrogens is 416 g/mol. The van der Waals surface area contributed by atoms with E-state index in [0.29, 0.717) is 46.6 Å². The van der Waals surface area contributed by atoms with Crippen LogP contribution >= 0.6 is 0 Å². The fraction of sp³-hybridized carbons (Fsp3) is 0.346. The molecule has 33 heavy (non-hydrogen) atoms. The summed E-state index contributed by atoms with van der Waals surface area (Å²) in [4.78, 5) is 20.6. The number of H-pyrrole nitrogens is 1. The second-order valence-corrected chi connectivity index (χ2v) is 8.27. The van der Waals surface area contributed by atoms with E-state index in [4.69, 9.17) is 14.9 Å². The normalized spacial score (nSPS) is 14.0. The Kier molecular flexibility index (Phi) is 7.07. The number of aromatic amines is 1. The molecule has 1 fully saturated rings. The van der Waals surface area contributed by atoms with E-state index in [9.17, 15) is 4.79 Å². The van der Waals surface area contributed by atoms with E-state index in [1.807, 2.05) is 42.5 Å². The van der Waals surface area contributed by atoms with Crippen LogP contribution in [0, 0.1) is 11.3 Å². The van der Waals surface area contributed by atoms with Gasteiger partial charge >= 0.3 is 0 Å². The summed E-state index contributed by atoms with van der Waals surface area (Å²) >= 11 is 0. The number of methoxy groups -OCH3 is 1. The minimum absolute atomic E-state index is 0.107. The number of hydrogen-bond donors (Lipinski definition) is 3. The monoisotopic (exact) mass is 446 g/mol. The lowest BCUT2D eigenvalue weighted by Gasteiger charge is -2.23. The molecular formula is C26H30N4O3. The lowest BCUT2D eigenvalue weighted by atomic mass is 9.83. The van der Waals surface area contributed by atoms with Crippen molar-refractivity contribution >= 4 is 11.5 Å². The second-order valence-electron chi connectivity index (χ2n) is 8.27. The third-order valence-corrected chi connectivity index (χ3v) is 6.12. The van der Waals surface area contributed by atoms with Crippen molar-refractivity contribution in [1.29, 1.82) is 5.41 Å². The molecule has 1 aromatic heterocycles. The van der Waals surface area contributed by atoms with Crippen molar-refractivity contribution in [3.63, 3.8) is 0 Å². The highest BCUT2D eigenvalue weighted by Crippen LogP contribution is 2.33. The average Bonchev–Trinajstić information content (AvgIpc) is 2.87. The zero-order valence-corrected chi connectivity index (χ0v) is 19.1. The van der Waals surface area contributed by atoms with Crippen LogP contribution in [0.2, 0.25) is 0 Å². The summed E-state index contributed by atoms with van der Waals surface area (Å²) in [5.41, 5.74) is 2.10. The van der Waals surface area contributed by atoms with Gasteiger partial charge in [0, 0.05) is 19.0 Å². The van der Waals surface area contributed by atoms with E-state index in [1.165, 1.54) is 6.42 Å². The van der Waals surface area contributed by atoms with Gasteiger partial charge in [-0.2, -0.15) is 0 Å². The van der Waals surface area contributed by atoms with Crippen molar-refractivity contribution in [3.05, 3.63) is 70.0 Å². The molecule has 0 radical (unpaired) electrons. The molecule has 172 valence electrons. The zero-order valence-electron chi connectivity index (χ0n) is 19.1. The molecule has 7 nitrogen and oxygen atoms in total. The van der Waals surface area contributed by atoms with Crippen molar-refractivity contribution in [2.24, 2.45) is 5.92 Å². The summed E-state index contributed by atoms with van der Waals surface area (Å²) in [7, 11) is 3.30. The second kappa shape index (κ2) is 10.3. The highest BCUT2D eigenvalue weighted by Gasteiger charge is 2.25. The number of nitrogens with zero attached hydrogens (tertiary/aromatic N) is 1. The molecule has 4 rings (SSSR count). The molecule has 1 aliphatic carbocycles. The van der Waals surface area contributed by atoms with Crippen LogP contribution in [0.25, 0.3) is 11.4 Å². The highest BCUT2D eigenvalue weighted by molar-refractivity contribution is 6.03. The predicted octanol–water partition coefficient (Wildman–Crippen LogP) is 5.01. The fourth-order valence-electron chi connectivity index (χ4n) is 4.32. The Balaban J connectivity index is 1.62. The van der Waals surface area contributed by atoms with Gasteiger partial charge in [0.25, 0.3) is 5.56 Å². The maximum absolute atomic E-state index is 13.1. The molecule has 1 heterocycles. The van der Waals surface area contributed by atoms with E-state index in [1.54, 1.807) is 20.2 Å². The summed E-state index contributed by atoms with van der Waals surface area (Å²) in [6, 6.07) is 15.4. The molecule has 7 heteroatoms. The van der Waals surface area contributed by atoms with E-state index in [-0.39, 0.29) is 11.5 Å². The molecule has 0 bridgehead atoms. The lowest BCUT2D eigenvalue weighted by molar-refractivity contribution is 0.304. The van der Waals surface area contributed by atoms with Gasteiger partial charge in [-0.15, -0.1) is 0 Å². The molecule has 0 amide bonds. The SMILES string of the molecule is CNc1nc(-c2ccc(OCc3ccccc3)cc2OC)[nH]c(=O)c1C(=N)C1CCCCC1. The molecule has 2 aromatic carbocycles. The van der Waals surface area contributed by atoms with Gasteiger partial charge < -0.3 is 25.2 Å². The number of hydrogen-bond acceptors (Lipinski definition) is 6. The van der Waals surface area contributed by atoms with Crippen molar-refractivity contribution < 1.29 is 9.47 Å². The first kappa shape index (κ1) is 22.6. The van der Waals surface area contributed by atoms with Gasteiger partial charge in [0.2, 0.25) is 0 Å². The topological polar surface area (TPSA) is 100 Å². The standard InChI is InChI=1S/C26H30N4O3/c1-28-25-22(23(27)18-11-7-4-8-12-18)26(31)30-24(29-25)20-14-13-19(15-21(20)32-2)33-16-17-9-5-3-6-10-17/h3,5-6,9-10,13-15,18,27H,4,7-8,11-12,16H2,1-2H3,(H2,28,29,30,31). The summed E-state index contributed by atoms with van der Waals surface area (Å²) in [5.74, 6) is 2.11. The van der Waals surface area contributed by atoms with E-state index >= 15 is 0 Å². The van der Waals surface area contributed by atoms with Crippen molar-refractivity contribution in [2.75, 3.05) is 19.5 Å². The van der Waals surface area contributed by atoms with Crippen LogP contribution in [0.15, 0.2) is 53.3 Å². The van der Waals surface area contributed by atoms with Gasteiger partial charge in [0.1, 0.15) is 35.3 Å². The minimum Gasteiger partial charge on any atom is -0.496 e. The van der Waals surface area contributed by atoms with Gasteiger partial charge in [-0.1, -0.05) is 49.6 Å². The Morgan fingerprint density at radius 1 is 1.15 bits per heavy atom. The minimum atomic E-state index is -0.314. The first-order chi connectivity index (χ1) is 16.1. The summed E-state index contributed by atoms with van der Waals surface area (Å²) in [6.07, 6.45) is 5.28. The average molecular weight is 447 g/mol. The number of aromatic nitrogens is 2. The molecule has 0 spiro atoms. The van der Waals surface area contributed by atoms with Gasteiger partial charge in [0.05, 0.1) is 18.4 Å². The molecule has 1 saturated carbocycles. The van der Waals surface area contributed by atoms with Crippen LogP contribution in [0.3, 0.4) is 0 Å². The van der Waals surface area contributed by atoms with Gasteiger partial charge in [-0.05, 0) is 30.5 Å². The molecule has 3 N–H and O–H groups in total. The molecule has 0 atom stereocenters. The van der Waals surface area contributed by atoms with Crippen LogP contribution in [0.1, 0.15) is 43.2 Å². The van der Waals surface area contributed by atoms with E-state index in [2.05, 4.69) is 15.3 Å². The maximum Gasteiger partial charge on any atom is 0.262 e. The van der Waals surface area contributed by atoms with Crippen LogP contribution < -0.4 is 20.3 Å². The lowest BCUT2D eigenvalue weighted by Crippen LogP contribution is -2.28. The van der Waals surface area contributed by atoms with E-state index < -0.39 is 0 Å². The van der Waals surface area contributed by atoms with Crippen molar-refractivity contribution in [2.45, 2.75) is 38.7 Å².